The first-order valence-electron chi connectivity index (χ1n) is 7.22. The van der Waals surface area contributed by atoms with E-state index < -0.39 is 0 Å². The fourth-order valence-electron chi connectivity index (χ4n) is 2.76. The third kappa shape index (κ3) is 2.95. The van der Waals surface area contributed by atoms with Crippen molar-refractivity contribution in [3.63, 3.8) is 0 Å². The van der Waals surface area contributed by atoms with Crippen LogP contribution in [-0.4, -0.2) is 15.5 Å². The fourth-order valence-corrected chi connectivity index (χ4v) is 2.89. The molecule has 0 atom stereocenters. The number of aryl methyl sites for hydroxylation is 1. The summed E-state index contributed by atoms with van der Waals surface area (Å²) in [4.78, 5) is 16.7. The largest absolute Gasteiger partial charge is 0.345 e. The van der Waals surface area contributed by atoms with E-state index in [9.17, 15) is 4.79 Å². The number of hydrogen-bond donors (Lipinski definition) is 1. The standard InChI is InChI=1S/C16H18ClN3O/c1-20-14-5-3-2-4-13(14)19-15(20)10-18-16(21)11-6-8-12(17)9-7-11/h6-9H,2-5,10H2,1H3,(H,18,21). The molecule has 1 amide bonds. The smallest absolute Gasteiger partial charge is 0.251 e. The van der Waals surface area contributed by atoms with Gasteiger partial charge in [0.15, 0.2) is 0 Å². The molecule has 0 radical (unpaired) electrons. The Kier molecular flexibility index (Phi) is 3.97. The van der Waals surface area contributed by atoms with Gasteiger partial charge in [-0.25, -0.2) is 4.98 Å². The Bertz CT molecular complexity index is 661. The number of carbonyl (C=O) groups is 1. The first kappa shape index (κ1) is 14.1. The summed E-state index contributed by atoms with van der Waals surface area (Å²) in [6, 6.07) is 6.88. The normalized spacial score (nSPS) is 13.8. The molecule has 1 aliphatic rings. The molecule has 2 aromatic rings. The summed E-state index contributed by atoms with van der Waals surface area (Å²) < 4.78 is 2.12. The second-order valence-electron chi connectivity index (χ2n) is 5.38. The molecular weight excluding hydrogens is 286 g/mol. The molecule has 0 bridgehead atoms. The van der Waals surface area contributed by atoms with Crippen molar-refractivity contribution in [3.8, 4) is 0 Å². The zero-order chi connectivity index (χ0) is 14.8. The van der Waals surface area contributed by atoms with Gasteiger partial charge in [0.1, 0.15) is 5.82 Å². The number of carbonyl (C=O) groups excluding carboxylic acids is 1. The Labute approximate surface area is 129 Å². The van der Waals surface area contributed by atoms with Gasteiger partial charge in [0.05, 0.1) is 12.2 Å². The Morgan fingerprint density at radius 3 is 2.71 bits per heavy atom. The third-order valence-corrected chi connectivity index (χ3v) is 4.23. The zero-order valence-electron chi connectivity index (χ0n) is 12.0. The number of fused-ring (bicyclic) bond motifs is 1. The van der Waals surface area contributed by atoms with Gasteiger partial charge in [-0.1, -0.05) is 11.6 Å². The molecular formula is C16H18ClN3O. The Hall–Kier alpha value is -1.81. The van der Waals surface area contributed by atoms with Gasteiger partial charge in [-0.05, 0) is 49.9 Å². The van der Waals surface area contributed by atoms with Gasteiger partial charge in [0.25, 0.3) is 5.91 Å². The van der Waals surface area contributed by atoms with E-state index in [1.165, 1.54) is 24.2 Å². The third-order valence-electron chi connectivity index (χ3n) is 3.98. The molecule has 5 heteroatoms. The summed E-state index contributed by atoms with van der Waals surface area (Å²) >= 11 is 5.82. The van der Waals surface area contributed by atoms with Crippen LogP contribution in [-0.2, 0) is 26.4 Å². The second-order valence-corrected chi connectivity index (χ2v) is 5.81. The molecule has 0 saturated carbocycles. The first-order chi connectivity index (χ1) is 10.1. The topological polar surface area (TPSA) is 46.9 Å². The maximum atomic E-state index is 12.1. The molecule has 110 valence electrons. The van der Waals surface area contributed by atoms with E-state index in [0.717, 1.165) is 18.7 Å². The lowest BCUT2D eigenvalue weighted by Crippen LogP contribution is -2.24. The Balaban J connectivity index is 1.69. The minimum Gasteiger partial charge on any atom is -0.345 e. The van der Waals surface area contributed by atoms with Crippen LogP contribution < -0.4 is 5.32 Å². The minimum atomic E-state index is -0.104. The van der Waals surface area contributed by atoms with E-state index in [2.05, 4.69) is 14.9 Å². The van der Waals surface area contributed by atoms with Gasteiger partial charge < -0.3 is 9.88 Å². The lowest BCUT2D eigenvalue weighted by Gasteiger charge is -2.11. The molecule has 0 aliphatic heterocycles. The Morgan fingerprint density at radius 1 is 1.29 bits per heavy atom. The van der Waals surface area contributed by atoms with E-state index in [1.54, 1.807) is 24.3 Å². The van der Waals surface area contributed by atoms with Gasteiger partial charge in [-0.2, -0.15) is 0 Å². The number of nitrogens with one attached hydrogen (secondary N) is 1. The SMILES string of the molecule is Cn1c(CNC(=O)c2ccc(Cl)cc2)nc2c1CCCC2. The number of nitrogens with zero attached hydrogens (tertiary/aromatic N) is 2. The molecule has 0 spiro atoms. The van der Waals surface area contributed by atoms with E-state index >= 15 is 0 Å². The summed E-state index contributed by atoms with van der Waals surface area (Å²) in [6.07, 6.45) is 4.57. The summed E-state index contributed by atoms with van der Waals surface area (Å²) in [6.45, 7) is 0.449. The lowest BCUT2D eigenvalue weighted by atomic mass is 10.0. The first-order valence-corrected chi connectivity index (χ1v) is 7.60. The maximum Gasteiger partial charge on any atom is 0.251 e. The summed E-state index contributed by atoms with van der Waals surface area (Å²) in [5.74, 6) is 0.817. The summed E-state index contributed by atoms with van der Waals surface area (Å²) in [7, 11) is 2.03. The van der Waals surface area contributed by atoms with Crippen molar-refractivity contribution < 1.29 is 4.79 Å². The number of aromatic nitrogens is 2. The molecule has 4 nitrogen and oxygen atoms in total. The molecule has 1 aromatic carbocycles. The number of imidazole rings is 1. The predicted octanol–water partition coefficient (Wildman–Crippen LogP) is 2.88. The van der Waals surface area contributed by atoms with Crippen molar-refractivity contribution >= 4 is 17.5 Å². The number of halogens is 1. The fraction of sp³-hybridized carbons (Fsp3) is 0.375. The van der Waals surface area contributed by atoms with Gasteiger partial charge in [0, 0.05) is 23.3 Å². The molecule has 1 N–H and O–H groups in total. The van der Waals surface area contributed by atoms with Crippen LogP contribution in [0.4, 0.5) is 0 Å². The number of benzene rings is 1. The number of hydrogen-bond acceptors (Lipinski definition) is 2. The molecule has 1 heterocycles. The highest BCUT2D eigenvalue weighted by Gasteiger charge is 2.18. The monoisotopic (exact) mass is 303 g/mol. The van der Waals surface area contributed by atoms with E-state index in [4.69, 9.17) is 11.6 Å². The van der Waals surface area contributed by atoms with Crippen LogP contribution in [0.2, 0.25) is 5.02 Å². The van der Waals surface area contributed by atoms with E-state index in [-0.39, 0.29) is 5.91 Å². The average Bonchev–Trinajstić information content (AvgIpc) is 2.82. The molecule has 3 rings (SSSR count). The van der Waals surface area contributed by atoms with Crippen molar-refractivity contribution in [1.29, 1.82) is 0 Å². The predicted molar refractivity (Wildman–Crippen MR) is 82.5 cm³/mol. The average molecular weight is 304 g/mol. The van der Waals surface area contributed by atoms with Gasteiger partial charge in [0.2, 0.25) is 0 Å². The van der Waals surface area contributed by atoms with Gasteiger partial charge >= 0.3 is 0 Å². The maximum absolute atomic E-state index is 12.1. The molecule has 0 unspecified atom stereocenters. The second kappa shape index (κ2) is 5.90. The molecule has 0 saturated heterocycles. The minimum absolute atomic E-state index is 0.104. The van der Waals surface area contributed by atoms with Crippen LogP contribution in [0.15, 0.2) is 24.3 Å². The number of rotatable bonds is 3. The zero-order valence-corrected chi connectivity index (χ0v) is 12.8. The Morgan fingerprint density at radius 2 is 2.00 bits per heavy atom. The summed E-state index contributed by atoms with van der Waals surface area (Å²) in [5.41, 5.74) is 3.12. The van der Waals surface area contributed by atoms with Crippen molar-refractivity contribution in [2.45, 2.75) is 32.2 Å². The quantitative estimate of drug-likeness (QED) is 0.948. The van der Waals surface area contributed by atoms with Crippen LogP contribution in [0.5, 0.6) is 0 Å². The van der Waals surface area contributed by atoms with Gasteiger partial charge in [-0.3, -0.25) is 4.79 Å². The molecule has 1 aliphatic carbocycles. The van der Waals surface area contributed by atoms with Gasteiger partial charge in [-0.15, -0.1) is 0 Å². The highest BCUT2D eigenvalue weighted by Crippen LogP contribution is 2.21. The van der Waals surface area contributed by atoms with Crippen molar-refractivity contribution in [1.82, 2.24) is 14.9 Å². The molecule has 1 aromatic heterocycles. The van der Waals surface area contributed by atoms with Crippen molar-refractivity contribution in [3.05, 3.63) is 52.1 Å². The van der Waals surface area contributed by atoms with Crippen LogP contribution in [0.1, 0.15) is 40.4 Å². The van der Waals surface area contributed by atoms with Crippen molar-refractivity contribution in [2.75, 3.05) is 0 Å². The summed E-state index contributed by atoms with van der Waals surface area (Å²) in [5, 5.41) is 3.55. The van der Waals surface area contributed by atoms with Crippen LogP contribution in [0, 0.1) is 0 Å². The van der Waals surface area contributed by atoms with E-state index in [1.807, 2.05) is 7.05 Å². The highest BCUT2D eigenvalue weighted by molar-refractivity contribution is 6.30. The van der Waals surface area contributed by atoms with Crippen LogP contribution >= 0.6 is 11.6 Å². The molecule has 21 heavy (non-hydrogen) atoms. The van der Waals surface area contributed by atoms with Crippen LogP contribution in [0.25, 0.3) is 0 Å². The number of amides is 1. The van der Waals surface area contributed by atoms with E-state index in [0.29, 0.717) is 17.1 Å². The van der Waals surface area contributed by atoms with Crippen LogP contribution in [0.3, 0.4) is 0 Å². The lowest BCUT2D eigenvalue weighted by molar-refractivity contribution is 0.0949. The van der Waals surface area contributed by atoms with Crippen molar-refractivity contribution in [2.24, 2.45) is 7.05 Å². The molecule has 0 fully saturated rings. The highest BCUT2D eigenvalue weighted by atomic mass is 35.5.